The fourth-order valence-electron chi connectivity index (χ4n) is 2.07. The fourth-order valence-corrected chi connectivity index (χ4v) is 2.07. The number of hydrogen-bond donors (Lipinski definition) is 1. The predicted octanol–water partition coefficient (Wildman–Crippen LogP) is 3.16. The van der Waals surface area contributed by atoms with Gasteiger partial charge in [0.25, 0.3) is 5.69 Å². The minimum absolute atomic E-state index is 0.0612. The van der Waals surface area contributed by atoms with E-state index in [4.69, 9.17) is 0 Å². The Labute approximate surface area is 117 Å². The van der Waals surface area contributed by atoms with E-state index in [2.05, 4.69) is 0 Å². The number of nitro groups is 1. The number of rotatable bonds is 4. The highest BCUT2D eigenvalue weighted by molar-refractivity contribution is 5.65. The zero-order valence-electron chi connectivity index (χ0n) is 11.4. The Morgan fingerprint density at radius 2 is 1.90 bits per heavy atom. The second-order valence-electron chi connectivity index (χ2n) is 4.63. The lowest BCUT2D eigenvalue weighted by Gasteiger charge is -2.20. The molecule has 5 heteroatoms. The summed E-state index contributed by atoms with van der Waals surface area (Å²) in [7, 11) is 1.89. The van der Waals surface area contributed by atoms with Crippen molar-refractivity contribution >= 4 is 17.1 Å². The third kappa shape index (κ3) is 2.78. The third-order valence-corrected chi connectivity index (χ3v) is 3.21. The first kappa shape index (κ1) is 14.0. The quantitative estimate of drug-likeness (QED) is 0.685. The Hall–Kier alpha value is -2.40. The maximum absolute atomic E-state index is 10.9. The van der Waals surface area contributed by atoms with Crippen molar-refractivity contribution in [2.45, 2.75) is 13.5 Å². The predicted molar refractivity (Wildman–Crippen MR) is 78.3 cm³/mol. The maximum atomic E-state index is 10.9. The molecule has 0 aliphatic heterocycles. The summed E-state index contributed by atoms with van der Waals surface area (Å²) in [5.74, 6) is 0. The van der Waals surface area contributed by atoms with Crippen molar-refractivity contribution in [2.24, 2.45) is 0 Å². The first-order valence-electron chi connectivity index (χ1n) is 6.21. The summed E-state index contributed by atoms with van der Waals surface area (Å²) in [6.45, 7) is 1.65. The van der Waals surface area contributed by atoms with Crippen LogP contribution in [0, 0.1) is 17.0 Å². The third-order valence-electron chi connectivity index (χ3n) is 3.21. The molecule has 0 amide bonds. The lowest BCUT2D eigenvalue weighted by molar-refractivity contribution is -0.385. The minimum atomic E-state index is -0.484. The van der Waals surface area contributed by atoms with E-state index in [-0.39, 0.29) is 12.3 Å². The molecular formula is C15H16N2O3. The van der Waals surface area contributed by atoms with E-state index in [9.17, 15) is 15.2 Å². The van der Waals surface area contributed by atoms with Crippen LogP contribution >= 0.6 is 0 Å². The Bertz CT molecular complexity index is 641. The van der Waals surface area contributed by atoms with Crippen LogP contribution in [0.5, 0.6) is 0 Å². The molecule has 1 N–H and O–H groups in total. The first-order chi connectivity index (χ1) is 9.52. The van der Waals surface area contributed by atoms with Crippen molar-refractivity contribution in [3.8, 4) is 0 Å². The molecule has 0 atom stereocenters. The van der Waals surface area contributed by atoms with Gasteiger partial charge in [0.15, 0.2) is 0 Å². The van der Waals surface area contributed by atoms with Crippen molar-refractivity contribution in [3.05, 3.63) is 63.7 Å². The van der Waals surface area contributed by atoms with E-state index >= 15 is 0 Å². The molecule has 2 rings (SSSR count). The van der Waals surface area contributed by atoms with E-state index in [0.717, 1.165) is 16.9 Å². The van der Waals surface area contributed by atoms with Gasteiger partial charge in [0.2, 0.25) is 0 Å². The molecule has 0 unspecified atom stereocenters. The van der Waals surface area contributed by atoms with Crippen molar-refractivity contribution in [1.29, 1.82) is 0 Å². The molecule has 0 saturated heterocycles. The van der Waals surface area contributed by atoms with Gasteiger partial charge in [-0.1, -0.05) is 12.1 Å². The zero-order chi connectivity index (χ0) is 14.7. The molecule has 104 valence electrons. The van der Waals surface area contributed by atoms with E-state index in [1.165, 1.54) is 6.07 Å². The molecule has 0 saturated carbocycles. The van der Waals surface area contributed by atoms with E-state index in [1.807, 2.05) is 43.1 Å². The van der Waals surface area contributed by atoms with Crippen LogP contribution in [0.15, 0.2) is 42.5 Å². The Morgan fingerprint density at radius 3 is 2.50 bits per heavy atom. The lowest BCUT2D eigenvalue weighted by atomic mass is 10.1. The molecule has 5 nitrogen and oxygen atoms in total. The molecule has 0 bridgehead atoms. The number of anilines is 2. The van der Waals surface area contributed by atoms with Crippen molar-refractivity contribution in [1.82, 2.24) is 0 Å². The molecule has 0 heterocycles. The van der Waals surface area contributed by atoms with Gasteiger partial charge >= 0.3 is 0 Å². The van der Waals surface area contributed by atoms with E-state index < -0.39 is 4.92 Å². The average Bonchev–Trinajstić information content (AvgIpc) is 2.45. The second kappa shape index (κ2) is 5.71. The molecule has 0 spiro atoms. The van der Waals surface area contributed by atoms with Crippen molar-refractivity contribution in [2.75, 3.05) is 11.9 Å². The van der Waals surface area contributed by atoms with Crippen LogP contribution in [0.25, 0.3) is 0 Å². The number of aryl methyl sites for hydroxylation is 1. The minimum Gasteiger partial charge on any atom is -0.391 e. The molecule has 0 radical (unpaired) electrons. The first-order valence-corrected chi connectivity index (χ1v) is 6.21. The van der Waals surface area contributed by atoms with Gasteiger partial charge < -0.3 is 10.0 Å². The average molecular weight is 272 g/mol. The van der Waals surface area contributed by atoms with Crippen LogP contribution in [-0.4, -0.2) is 17.1 Å². The Balaban J connectivity index is 2.40. The summed E-state index contributed by atoms with van der Waals surface area (Å²) in [5.41, 5.74) is 3.17. The van der Waals surface area contributed by atoms with Gasteiger partial charge in [0.1, 0.15) is 0 Å². The number of aliphatic hydroxyl groups is 1. The van der Waals surface area contributed by atoms with Crippen molar-refractivity contribution < 1.29 is 10.0 Å². The highest BCUT2D eigenvalue weighted by Crippen LogP contribution is 2.29. The maximum Gasteiger partial charge on any atom is 0.275 e. The van der Waals surface area contributed by atoms with Crippen LogP contribution in [-0.2, 0) is 6.61 Å². The molecule has 2 aromatic rings. The molecule has 0 aliphatic rings. The SMILES string of the molecule is Cc1cccc(N(C)c2ccc([N+](=O)[O-])c(CO)c2)c1. The smallest absolute Gasteiger partial charge is 0.275 e. The van der Waals surface area contributed by atoms with Gasteiger partial charge in [-0.25, -0.2) is 0 Å². The standard InChI is InChI=1S/C15H16N2O3/c1-11-4-3-5-13(8-11)16(2)14-6-7-15(17(19)20)12(9-14)10-18/h3-9,18H,10H2,1-2H3. The summed E-state index contributed by atoms with van der Waals surface area (Å²) in [6.07, 6.45) is 0. The van der Waals surface area contributed by atoms with Crippen LogP contribution in [0.1, 0.15) is 11.1 Å². The van der Waals surface area contributed by atoms with E-state index in [0.29, 0.717) is 5.56 Å². The number of aliphatic hydroxyl groups excluding tert-OH is 1. The lowest BCUT2D eigenvalue weighted by Crippen LogP contribution is -2.10. The Morgan fingerprint density at radius 1 is 1.20 bits per heavy atom. The molecule has 0 aliphatic carbocycles. The highest BCUT2D eigenvalue weighted by atomic mass is 16.6. The zero-order valence-corrected chi connectivity index (χ0v) is 11.4. The van der Waals surface area contributed by atoms with Crippen LogP contribution in [0.4, 0.5) is 17.1 Å². The molecular weight excluding hydrogens is 256 g/mol. The number of nitro benzene ring substituents is 1. The van der Waals surface area contributed by atoms with Gasteiger partial charge in [0.05, 0.1) is 17.1 Å². The van der Waals surface area contributed by atoms with Crippen LogP contribution < -0.4 is 4.90 Å². The van der Waals surface area contributed by atoms with Gasteiger partial charge in [-0.15, -0.1) is 0 Å². The van der Waals surface area contributed by atoms with Gasteiger partial charge in [-0.2, -0.15) is 0 Å². The highest BCUT2D eigenvalue weighted by Gasteiger charge is 2.15. The topological polar surface area (TPSA) is 66.6 Å². The molecule has 20 heavy (non-hydrogen) atoms. The van der Waals surface area contributed by atoms with Crippen molar-refractivity contribution in [3.63, 3.8) is 0 Å². The molecule has 2 aromatic carbocycles. The van der Waals surface area contributed by atoms with E-state index in [1.54, 1.807) is 12.1 Å². The van der Waals surface area contributed by atoms with Gasteiger partial charge in [-0.3, -0.25) is 10.1 Å². The monoisotopic (exact) mass is 272 g/mol. The normalized spacial score (nSPS) is 10.3. The van der Waals surface area contributed by atoms with Crippen LogP contribution in [0.2, 0.25) is 0 Å². The largest absolute Gasteiger partial charge is 0.391 e. The molecule has 0 fully saturated rings. The summed E-state index contributed by atoms with van der Waals surface area (Å²) in [6, 6.07) is 12.7. The fraction of sp³-hybridized carbons (Fsp3) is 0.200. The van der Waals surface area contributed by atoms with Gasteiger partial charge in [0, 0.05) is 24.5 Å². The summed E-state index contributed by atoms with van der Waals surface area (Å²) < 4.78 is 0. The second-order valence-corrected chi connectivity index (χ2v) is 4.63. The van der Waals surface area contributed by atoms with Gasteiger partial charge in [-0.05, 0) is 36.8 Å². The number of nitrogens with zero attached hydrogens (tertiary/aromatic N) is 2. The number of hydrogen-bond acceptors (Lipinski definition) is 4. The Kier molecular flexibility index (Phi) is 4.00. The summed E-state index contributed by atoms with van der Waals surface area (Å²) >= 11 is 0. The summed E-state index contributed by atoms with van der Waals surface area (Å²) in [5, 5.41) is 20.1. The molecule has 0 aromatic heterocycles. The van der Waals surface area contributed by atoms with Crippen LogP contribution in [0.3, 0.4) is 0 Å². The number of benzene rings is 2. The summed E-state index contributed by atoms with van der Waals surface area (Å²) in [4.78, 5) is 12.3.